The standard InChI is InChI=1S/C18H17FN2O2S/c19-16-9-7-14(8-10-16)12-17-5-3-11-21(17)24(22,23)18-6-2-1-4-15(18)13-20/h1-2,4,6-10,17H,3,5,11-12H2. The molecule has 2 aromatic rings. The highest BCUT2D eigenvalue weighted by Gasteiger charge is 2.36. The quantitative estimate of drug-likeness (QED) is 0.856. The first-order valence-corrected chi connectivity index (χ1v) is 9.22. The highest BCUT2D eigenvalue weighted by atomic mass is 32.2. The highest BCUT2D eigenvalue weighted by molar-refractivity contribution is 7.89. The van der Waals surface area contributed by atoms with E-state index in [0.717, 1.165) is 18.4 Å². The first kappa shape index (κ1) is 16.6. The zero-order valence-corrected chi connectivity index (χ0v) is 13.8. The summed E-state index contributed by atoms with van der Waals surface area (Å²) < 4.78 is 40.5. The summed E-state index contributed by atoms with van der Waals surface area (Å²) in [5.41, 5.74) is 1.06. The molecular weight excluding hydrogens is 327 g/mol. The second-order valence-electron chi connectivity index (χ2n) is 5.85. The molecule has 0 bridgehead atoms. The Labute approximate surface area is 141 Å². The zero-order valence-electron chi connectivity index (χ0n) is 13.0. The molecule has 0 aliphatic carbocycles. The van der Waals surface area contributed by atoms with Crippen LogP contribution in [0, 0.1) is 17.1 Å². The molecule has 3 rings (SSSR count). The molecule has 0 N–H and O–H groups in total. The van der Waals surface area contributed by atoms with Crippen molar-refractivity contribution in [2.24, 2.45) is 0 Å². The molecule has 0 saturated carbocycles. The SMILES string of the molecule is N#Cc1ccccc1S(=O)(=O)N1CCCC1Cc1ccc(F)cc1. The number of hydrogen-bond acceptors (Lipinski definition) is 3. The van der Waals surface area contributed by atoms with Crippen LogP contribution in [0.4, 0.5) is 4.39 Å². The summed E-state index contributed by atoms with van der Waals surface area (Å²) in [6, 6.07) is 14.2. The molecular formula is C18H17FN2O2S. The van der Waals surface area contributed by atoms with Crippen molar-refractivity contribution in [3.05, 3.63) is 65.5 Å². The van der Waals surface area contributed by atoms with Crippen molar-refractivity contribution in [1.82, 2.24) is 4.31 Å². The van der Waals surface area contributed by atoms with Gasteiger partial charge in [0.2, 0.25) is 10.0 Å². The van der Waals surface area contributed by atoms with Crippen molar-refractivity contribution in [3.8, 4) is 6.07 Å². The van der Waals surface area contributed by atoms with E-state index >= 15 is 0 Å². The third-order valence-corrected chi connectivity index (χ3v) is 6.31. The van der Waals surface area contributed by atoms with E-state index in [1.165, 1.54) is 28.6 Å². The fourth-order valence-electron chi connectivity index (χ4n) is 3.13. The molecule has 0 aromatic heterocycles. The van der Waals surface area contributed by atoms with Crippen LogP contribution in [-0.2, 0) is 16.4 Å². The van der Waals surface area contributed by atoms with Gasteiger partial charge >= 0.3 is 0 Å². The molecule has 0 amide bonds. The van der Waals surface area contributed by atoms with Crippen molar-refractivity contribution in [3.63, 3.8) is 0 Å². The van der Waals surface area contributed by atoms with Gasteiger partial charge in [-0.2, -0.15) is 9.57 Å². The molecule has 1 aliphatic rings. The monoisotopic (exact) mass is 344 g/mol. The third kappa shape index (κ3) is 3.18. The van der Waals surface area contributed by atoms with E-state index in [9.17, 15) is 18.1 Å². The Morgan fingerprint density at radius 1 is 1.17 bits per heavy atom. The van der Waals surface area contributed by atoms with Gasteiger partial charge in [0.1, 0.15) is 11.9 Å². The van der Waals surface area contributed by atoms with Gasteiger partial charge in [-0.05, 0) is 49.1 Å². The molecule has 24 heavy (non-hydrogen) atoms. The normalized spacial score (nSPS) is 18.4. The number of nitrogens with zero attached hydrogens (tertiary/aromatic N) is 2. The second-order valence-corrected chi connectivity index (χ2v) is 7.71. The van der Waals surface area contributed by atoms with Crippen molar-refractivity contribution < 1.29 is 12.8 Å². The Morgan fingerprint density at radius 2 is 1.88 bits per heavy atom. The third-order valence-electron chi connectivity index (χ3n) is 4.30. The van der Waals surface area contributed by atoms with Crippen LogP contribution in [0.2, 0.25) is 0 Å². The summed E-state index contributed by atoms with van der Waals surface area (Å²) in [4.78, 5) is 0.0542. The Morgan fingerprint density at radius 3 is 2.58 bits per heavy atom. The van der Waals surface area contributed by atoms with E-state index in [2.05, 4.69) is 0 Å². The van der Waals surface area contributed by atoms with Crippen LogP contribution < -0.4 is 0 Å². The van der Waals surface area contributed by atoms with E-state index in [1.54, 1.807) is 24.3 Å². The fourth-order valence-corrected chi connectivity index (χ4v) is 4.97. The number of rotatable bonds is 4. The predicted octanol–water partition coefficient (Wildman–Crippen LogP) is 3.09. The van der Waals surface area contributed by atoms with Gasteiger partial charge in [0.15, 0.2) is 0 Å². The highest BCUT2D eigenvalue weighted by Crippen LogP contribution is 2.29. The number of halogens is 1. The molecule has 0 spiro atoms. The minimum Gasteiger partial charge on any atom is -0.207 e. The molecule has 6 heteroatoms. The molecule has 4 nitrogen and oxygen atoms in total. The van der Waals surface area contributed by atoms with Gasteiger partial charge in [-0.15, -0.1) is 0 Å². The van der Waals surface area contributed by atoms with Crippen molar-refractivity contribution in [2.45, 2.75) is 30.2 Å². The summed E-state index contributed by atoms with van der Waals surface area (Å²) in [5, 5.41) is 9.18. The van der Waals surface area contributed by atoms with Gasteiger partial charge < -0.3 is 0 Å². The lowest BCUT2D eigenvalue weighted by Crippen LogP contribution is -2.37. The van der Waals surface area contributed by atoms with Crippen LogP contribution in [-0.4, -0.2) is 25.3 Å². The van der Waals surface area contributed by atoms with Crippen LogP contribution in [0.25, 0.3) is 0 Å². The Kier molecular flexibility index (Phi) is 4.65. The van der Waals surface area contributed by atoms with E-state index < -0.39 is 10.0 Å². The van der Waals surface area contributed by atoms with E-state index in [1.807, 2.05) is 6.07 Å². The minimum atomic E-state index is -3.72. The molecule has 2 aromatic carbocycles. The van der Waals surface area contributed by atoms with E-state index in [-0.39, 0.29) is 22.3 Å². The average Bonchev–Trinajstić information content (AvgIpc) is 3.06. The largest absolute Gasteiger partial charge is 0.244 e. The summed E-state index contributed by atoms with van der Waals surface area (Å²) in [5.74, 6) is -0.308. The number of benzene rings is 2. The summed E-state index contributed by atoms with van der Waals surface area (Å²) >= 11 is 0. The lowest BCUT2D eigenvalue weighted by Gasteiger charge is -2.24. The van der Waals surface area contributed by atoms with E-state index in [0.29, 0.717) is 13.0 Å². The lowest BCUT2D eigenvalue weighted by atomic mass is 10.0. The van der Waals surface area contributed by atoms with Gasteiger partial charge in [0, 0.05) is 12.6 Å². The molecule has 1 saturated heterocycles. The predicted molar refractivity (Wildman–Crippen MR) is 88.2 cm³/mol. The van der Waals surface area contributed by atoms with Gasteiger partial charge in [0.25, 0.3) is 0 Å². The maximum atomic E-state index is 13.0. The Balaban J connectivity index is 1.89. The van der Waals surface area contributed by atoms with Crippen LogP contribution in [0.1, 0.15) is 24.0 Å². The lowest BCUT2D eigenvalue weighted by molar-refractivity contribution is 0.385. The second kappa shape index (κ2) is 6.71. The fraction of sp³-hybridized carbons (Fsp3) is 0.278. The smallest absolute Gasteiger partial charge is 0.207 e. The zero-order chi connectivity index (χ0) is 17.2. The Bertz CT molecular complexity index is 873. The molecule has 1 fully saturated rings. The van der Waals surface area contributed by atoms with Crippen LogP contribution >= 0.6 is 0 Å². The number of hydrogen-bond donors (Lipinski definition) is 0. The molecule has 124 valence electrons. The Hall–Kier alpha value is -2.23. The van der Waals surface area contributed by atoms with Crippen molar-refractivity contribution >= 4 is 10.0 Å². The molecule has 1 aliphatic heterocycles. The van der Waals surface area contributed by atoms with Crippen LogP contribution in [0.15, 0.2) is 53.4 Å². The maximum Gasteiger partial charge on any atom is 0.244 e. The van der Waals surface area contributed by atoms with E-state index in [4.69, 9.17) is 0 Å². The van der Waals surface area contributed by atoms with Crippen molar-refractivity contribution in [2.75, 3.05) is 6.54 Å². The van der Waals surface area contributed by atoms with Gasteiger partial charge in [-0.25, -0.2) is 12.8 Å². The topological polar surface area (TPSA) is 61.2 Å². The summed E-state index contributed by atoms with van der Waals surface area (Å²) in [7, 11) is -3.72. The average molecular weight is 344 g/mol. The van der Waals surface area contributed by atoms with Gasteiger partial charge in [0.05, 0.1) is 10.5 Å². The first-order valence-electron chi connectivity index (χ1n) is 7.78. The van der Waals surface area contributed by atoms with Gasteiger partial charge in [-0.1, -0.05) is 24.3 Å². The number of sulfonamides is 1. The molecule has 0 radical (unpaired) electrons. The first-order chi connectivity index (χ1) is 11.5. The molecule has 1 unspecified atom stereocenters. The van der Waals surface area contributed by atoms with Crippen LogP contribution in [0.5, 0.6) is 0 Å². The van der Waals surface area contributed by atoms with Crippen molar-refractivity contribution in [1.29, 1.82) is 5.26 Å². The maximum absolute atomic E-state index is 13.0. The number of nitriles is 1. The molecule has 1 atom stereocenters. The summed E-state index contributed by atoms with van der Waals surface area (Å²) in [6.45, 7) is 0.438. The van der Waals surface area contributed by atoms with Crippen LogP contribution in [0.3, 0.4) is 0 Å². The minimum absolute atomic E-state index is 0.0542. The molecule has 1 heterocycles. The summed E-state index contributed by atoms with van der Waals surface area (Å²) in [6.07, 6.45) is 2.07. The van der Waals surface area contributed by atoms with Gasteiger partial charge in [-0.3, -0.25) is 0 Å².